The molecule has 0 fully saturated rings. The van der Waals surface area contributed by atoms with Gasteiger partial charge in [0, 0.05) is 6.61 Å². The van der Waals surface area contributed by atoms with E-state index in [2.05, 4.69) is 20.8 Å². The SMILES string of the molecule is CCCCCCCCCC(CC)OCC.O=S(=O)(O)O.[NaH]. The van der Waals surface area contributed by atoms with Crippen LogP contribution in [0.1, 0.15) is 78.6 Å². The first-order chi connectivity index (χ1) is 9.35. The Kier molecular flexibility index (Phi) is 24.0. The molecule has 0 amide bonds. The number of ether oxygens (including phenoxy) is 1. The van der Waals surface area contributed by atoms with E-state index in [0.717, 1.165) is 6.61 Å². The summed E-state index contributed by atoms with van der Waals surface area (Å²) in [6, 6.07) is 0. The molecule has 0 rings (SSSR count). The number of unbranched alkanes of at least 4 members (excludes halogenated alkanes) is 6. The van der Waals surface area contributed by atoms with Crippen molar-refractivity contribution >= 4 is 40.0 Å². The molecule has 7 heteroatoms. The van der Waals surface area contributed by atoms with Crippen LogP contribution in [-0.2, 0) is 15.1 Å². The molecule has 2 N–H and O–H groups in total. The predicted octanol–water partition coefficient (Wildman–Crippen LogP) is 3.64. The quantitative estimate of drug-likeness (QED) is 0.342. The van der Waals surface area contributed by atoms with Crippen LogP contribution in [0.25, 0.3) is 0 Å². The summed E-state index contributed by atoms with van der Waals surface area (Å²) in [7, 11) is -4.67. The van der Waals surface area contributed by atoms with Crippen LogP contribution in [0.4, 0.5) is 0 Å². The van der Waals surface area contributed by atoms with E-state index < -0.39 is 10.4 Å². The molecule has 5 nitrogen and oxygen atoms in total. The summed E-state index contributed by atoms with van der Waals surface area (Å²) in [5.74, 6) is 0. The fourth-order valence-corrected chi connectivity index (χ4v) is 1.97. The first-order valence-electron chi connectivity index (χ1n) is 7.66. The Balaban J connectivity index is -0.000000465. The van der Waals surface area contributed by atoms with E-state index >= 15 is 0 Å². The third-order valence-corrected chi connectivity index (χ3v) is 2.99. The Labute approximate surface area is 153 Å². The van der Waals surface area contributed by atoms with Crippen LogP contribution >= 0.6 is 0 Å². The van der Waals surface area contributed by atoms with Crippen LogP contribution in [0.15, 0.2) is 0 Å². The molecule has 0 aromatic heterocycles. The van der Waals surface area contributed by atoms with E-state index in [-0.39, 0.29) is 29.6 Å². The summed E-state index contributed by atoms with van der Waals surface area (Å²) in [6.45, 7) is 7.46. The number of hydrogen-bond acceptors (Lipinski definition) is 3. The molecule has 0 radical (unpaired) electrons. The van der Waals surface area contributed by atoms with Crippen LogP contribution in [0.3, 0.4) is 0 Å². The average molecular weight is 336 g/mol. The van der Waals surface area contributed by atoms with E-state index in [1.165, 1.54) is 57.8 Å². The van der Waals surface area contributed by atoms with E-state index in [0.29, 0.717) is 6.10 Å². The van der Waals surface area contributed by atoms with Crippen molar-refractivity contribution in [2.45, 2.75) is 84.7 Å². The summed E-state index contributed by atoms with van der Waals surface area (Å²) < 4.78 is 37.2. The molecule has 126 valence electrons. The van der Waals surface area contributed by atoms with Crippen LogP contribution < -0.4 is 0 Å². The van der Waals surface area contributed by atoms with E-state index in [4.69, 9.17) is 22.3 Å². The molecule has 0 aliphatic heterocycles. The second kappa shape index (κ2) is 18.9. The standard InChI is InChI=1S/C14H30O.Na.H2O4S.H/c1-4-7-8-9-10-11-12-13-14(5-2)15-6-3;;1-5(2,3)4;/h14H,4-13H2,1-3H3;;(H2,1,2,3,4);. The summed E-state index contributed by atoms with van der Waals surface area (Å²) in [4.78, 5) is 0. The van der Waals surface area contributed by atoms with Gasteiger partial charge in [-0.2, -0.15) is 8.42 Å². The van der Waals surface area contributed by atoms with Crippen molar-refractivity contribution in [2.24, 2.45) is 0 Å². The van der Waals surface area contributed by atoms with Gasteiger partial charge in [0.25, 0.3) is 0 Å². The maximum atomic E-state index is 8.74. The van der Waals surface area contributed by atoms with Crippen molar-refractivity contribution in [2.75, 3.05) is 6.61 Å². The molecule has 0 aromatic rings. The fraction of sp³-hybridized carbons (Fsp3) is 1.00. The number of hydrogen-bond donors (Lipinski definition) is 2. The van der Waals surface area contributed by atoms with Gasteiger partial charge < -0.3 is 4.74 Å². The Morgan fingerprint density at radius 3 is 1.71 bits per heavy atom. The van der Waals surface area contributed by atoms with Crippen molar-refractivity contribution in [3.63, 3.8) is 0 Å². The van der Waals surface area contributed by atoms with Gasteiger partial charge in [0.05, 0.1) is 6.10 Å². The van der Waals surface area contributed by atoms with Crippen molar-refractivity contribution in [3.8, 4) is 0 Å². The van der Waals surface area contributed by atoms with Crippen molar-refractivity contribution in [1.29, 1.82) is 0 Å². The molecule has 0 saturated heterocycles. The fourth-order valence-electron chi connectivity index (χ4n) is 1.97. The molecular formula is C14H33NaO5S. The second-order valence-corrected chi connectivity index (χ2v) is 5.74. The zero-order valence-electron chi connectivity index (χ0n) is 13.2. The zero-order valence-corrected chi connectivity index (χ0v) is 14.0. The third-order valence-electron chi connectivity index (χ3n) is 2.99. The summed E-state index contributed by atoms with van der Waals surface area (Å²) in [5, 5.41) is 0. The first kappa shape index (κ1) is 26.7. The minimum absolute atomic E-state index is 0. The van der Waals surface area contributed by atoms with Gasteiger partial charge in [-0.3, -0.25) is 9.11 Å². The van der Waals surface area contributed by atoms with Crippen LogP contribution in [0, 0.1) is 0 Å². The summed E-state index contributed by atoms with van der Waals surface area (Å²) in [5.41, 5.74) is 0. The molecule has 0 aromatic carbocycles. The topological polar surface area (TPSA) is 83.8 Å². The molecule has 0 bridgehead atoms. The van der Waals surface area contributed by atoms with Crippen LogP contribution in [-0.4, -0.2) is 59.8 Å². The van der Waals surface area contributed by atoms with Gasteiger partial charge in [-0.25, -0.2) is 0 Å². The third kappa shape index (κ3) is 33.6. The Morgan fingerprint density at radius 2 is 1.33 bits per heavy atom. The van der Waals surface area contributed by atoms with Gasteiger partial charge in [0.2, 0.25) is 0 Å². The van der Waals surface area contributed by atoms with Crippen molar-refractivity contribution < 1.29 is 22.3 Å². The molecular weight excluding hydrogens is 303 g/mol. The Morgan fingerprint density at radius 1 is 0.905 bits per heavy atom. The molecule has 0 saturated carbocycles. The van der Waals surface area contributed by atoms with Gasteiger partial charge in [0.15, 0.2) is 0 Å². The van der Waals surface area contributed by atoms with Crippen LogP contribution in [0.2, 0.25) is 0 Å². The second-order valence-electron chi connectivity index (χ2n) is 4.84. The monoisotopic (exact) mass is 336 g/mol. The van der Waals surface area contributed by atoms with Gasteiger partial charge >= 0.3 is 40.0 Å². The summed E-state index contributed by atoms with van der Waals surface area (Å²) >= 11 is 0. The Bertz CT molecular complexity index is 275. The minimum atomic E-state index is -4.67. The summed E-state index contributed by atoms with van der Waals surface area (Å²) in [6.07, 6.45) is 12.7. The van der Waals surface area contributed by atoms with Gasteiger partial charge in [-0.1, -0.05) is 58.8 Å². The molecule has 0 aliphatic carbocycles. The van der Waals surface area contributed by atoms with Crippen molar-refractivity contribution in [3.05, 3.63) is 0 Å². The molecule has 1 atom stereocenters. The Hall–Kier alpha value is 0.830. The molecule has 21 heavy (non-hydrogen) atoms. The van der Waals surface area contributed by atoms with E-state index in [1.807, 2.05) is 0 Å². The van der Waals surface area contributed by atoms with E-state index in [1.54, 1.807) is 0 Å². The normalized spacial score (nSPS) is 12.0. The van der Waals surface area contributed by atoms with Crippen LogP contribution in [0.5, 0.6) is 0 Å². The van der Waals surface area contributed by atoms with Gasteiger partial charge in [0.1, 0.15) is 0 Å². The number of rotatable bonds is 11. The van der Waals surface area contributed by atoms with E-state index in [9.17, 15) is 0 Å². The maximum absolute atomic E-state index is 8.74. The predicted molar refractivity (Wildman–Crippen MR) is 89.6 cm³/mol. The molecule has 0 aliphatic rings. The average Bonchev–Trinajstić information content (AvgIpc) is 2.34. The molecule has 1 unspecified atom stereocenters. The van der Waals surface area contributed by atoms with Crippen molar-refractivity contribution in [1.82, 2.24) is 0 Å². The van der Waals surface area contributed by atoms with Gasteiger partial charge in [-0.05, 0) is 19.8 Å². The molecule has 0 spiro atoms. The van der Waals surface area contributed by atoms with Gasteiger partial charge in [-0.15, -0.1) is 0 Å². The zero-order chi connectivity index (χ0) is 15.9. The first-order valence-corrected chi connectivity index (χ1v) is 9.06. The molecule has 0 heterocycles.